The van der Waals surface area contributed by atoms with Crippen molar-refractivity contribution in [1.82, 2.24) is 5.06 Å². The molecule has 0 radical (unpaired) electrons. The lowest BCUT2D eigenvalue weighted by atomic mass is 10.00. The van der Waals surface area contributed by atoms with Crippen LogP contribution < -0.4 is 4.74 Å². The summed E-state index contributed by atoms with van der Waals surface area (Å²) in [7, 11) is 1.60. The van der Waals surface area contributed by atoms with Gasteiger partial charge in [0.25, 0.3) is 5.91 Å². The van der Waals surface area contributed by atoms with Gasteiger partial charge in [0.1, 0.15) is 5.75 Å². The molecule has 0 fully saturated rings. The Morgan fingerprint density at radius 2 is 1.76 bits per heavy atom. The molecule has 1 amide bonds. The van der Waals surface area contributed by atoms with Crippen LogP contribution in [0.25, 0.3) is 0 Å². The van der Waals surface area contributed by atoms with Gasteiger partial charge in [-0.2, -0.15) is 0 Å². The summed E-state index contributed by atoms with van der Waals surface area (Å²) in [6, 6.07) is 16.7. The fourth-order valence-corrected chi connectivity index (χ4v) is 2.09. The van der Waals surface area contributed by atoms with Gasteiger partial charge in [0.05, 0.1) is 19.6 Å². The molecule has 0 aliphatic rings. The van der Waals surface area contributed by atoms with E-state index in [0.29, 0.717) is 0 Å². The molecule has 0 saturated carbocycles. The standard InChI is InChI=1S/C17H19NO3/c1-13(15-8-10-16(21-2)11-9-15)17(19)18(20)12-14-6-4-3-5-7-14/h3-11,13,20H,12H2,1-2H3. The molecule has 4 nitrogen and oxygen atoms in total. The molecule has 0 heterocycles. The third-order valence-corrected chi connectivity index (χ3v) is 3.42. The van der Waals surface area contributed by atoms with E-state index in [1.165, 1.54) is 0 Å². The first-order valence-corrected chi connectivity index (χ1v) is 6.80. The number of carbonyl (C=O) groups is 1. The van der Waals surface area contributed by atoms with Gasteiger partial charge in [-0.3, -0.25) is 10.0 Å². The van der Waals surface area contributed by atoms with Gasteiger partial charge in [0.15, 0.2) is 0 Å². The van der Waals surface area contributed by atoms with Gasteiger partial charge >= 0.3 is 0 Å². The second-order valence-corrected chi connectivity index (χ2v) is 4.88. The first kappa shape index (κ1) is 15.1. The van der Waals surface area contributed by atoms with Crippen LogP contribution in [-0.2, 0) is 11.3 Å². The Morgan fingerprint density at radius 3 is 2.33 bits per heavy atom. The number of ether oxygens (including phenoxy) is 1. The van der Waals surface area contributed by atoms with Crippen molar-refractivity contribution in [2.45, 2.75) is 19.4 Å². The molecule has 0 aliphatic carbocycles. The van der Waals surface area contributed by atoms with E-state index in [0.717, 1.165) is 21.9 Å². The predicted molar refractivity (Wildman–Crippen MR) is 80.2 cm³/mol. The lowest BCUT2D eigenvalue weighted by molar-refractivity contribution is -0.169. The Morgan fingerprint density at radius 1 is 1.14 bits per heavy atom. The third-order valence-electron chi connectivity index (χ3n) is 3.42. The fraction of sp³-hybridized carbons (Fsp3) is 0.235. The number of rotatable bonds is 5. The lowest BCUT2D eigenvalue weighted by Gasteiger charge is -2.20. The molecular weight excluding hydrogens is 266 g/mol. The number of hydrogen-bond donors (Lipinski definition) is 1. The Labute approximate surface area is 124 Å². The van der Waals surface area contributed by atoms with Crippen LogP contribution in [0.5, 0.6) is 5.75 Å². The van der Waals surface area contributed by atoms with Crippen molar-refractivity contribution in [1.29, 1.82) is 0 Å². The molecule has 0 aliphatic heterocycles. The number of carbonyl (C=O) groups excluding carboxylic acids is 1. The van der Waals surface area contributed by atoms with Crippen molar-refractivity contribution in [2.75, 3.05) is 7.11 Å². The highest BCUT2D eigenvalue weighted by Gasteiger charge is 2.21. The summed E-state index contributed by atoms with van der Waals surface area (Å²) < 4.78 is 5.09. The highest BCUT2D eigenvalue weighted by atomic mass is 16.5. The Bertz CT molecular complexity index is 581. The molecule has 2 aromatic rings. The monoisotopic (exact) mass is 285 g/mol. The summed E-state index contributed by atoms with van der Waals surface area (Å²) in [4.78, 5) is 12.2. The van der Waals surface area contributed by atoms with Crippen molar-refractivity contribution in [3.63, 3.8) is 0 Å². The quantitative estimate of drug-likeness (QED) is 0.678. The fourth-order valence-electron chi connectivity index (χ4n) is 2.09. The van der Waals surface area contributed by atoms with Crippen LogP contribution in [0, 0.1) is 0 Å². The smallest absolute Gasteiger partial charge is 0.253 e. The highest BCUT2D eigenvalue weighted by molar-refractivity contribution is 5.82. The van der Waals surface area contributed by atoms with Gasteiger partial charge in [-0.25, -0.2) is 5.06 Å². The van der Waals surface area contributed by atoms with E-state index in [4.69, 9.17) is 4.74 Å². The van der Waals surface area contributed by atoms with Crippen LogP contribution in [0.4, 0.5) is 0 Å². The summed E-state index contributed by atoms with van der Waals surface area (Å²) >= 11 is 0. The van der Waals surface area contributed by atoms with Gasteiger partial charge in [0, 0.05) is 0 Å². The average molecular weight is 285 g/mol. The second-order valence-electron chi connectivity index (χ2n) is 4.88. The maximum atomic E-state index is 12.2. The number of hydrogen-bond acceptors (Lipinski definition) is 3. The summed E-state index contributed by atoms with van der Waals surface area (Å²) in [6.45, 7) is 1.96. The van der Waals surface area contributed by atoms with Gasteiger partial charge in [-0.15, -0.1) is 0 Å². The summed E-state index contributed by atoms with van der Waals surface area (Å²) in [5.74, 6) is -0.00261. The largest absolute Gasteiger partial charge is 0.497 e. The van der Waals surface area contributed by atoms with E-state index < -0.39 is 5.92 Å². The molecule has 1 unspecified atom stereocenters. The molecule has 2 aromatic carbocycles. The molecule has 0 spiro atoms. The molecule has 110 valence electrons. The first-order chi connectivity index (χ1) is 10.1. The Balaban J connectivity index is 2.03. The predicted octanol–water partition coefficient (Wildman–Crippen LogP) is 3.22. The zero-order valence-electron chi connectivity index (χ0n) is 12.2. The van der Waals surface area contributed by atoms with Crippen LogP contribution in [-0.4, -0.2) is 23.3 Å². The summed E-state index contributed by atoms with van der Waals surface area (Å²) in [5.41, 5.74) is 1.73. The number of amides is 1. The van der Waals surface area contributed by atoms with Gasteiger partial charge in [0.2, 0.25) is 0 Å². The van der Waals surface area contributed by atoms with Crippen LogP contribution in [0.2, 0.25) is 0 Å². The van der Waals surface area contributed by atoms with Crippen molar-refractivity contribution >= 4 is 5.91 Å². The highest BCUT2D eigenvalue weighted by Crippen LogP contribution is 2.21. The molecule has 21 heavy (non-hydrogen) atoms. The molecule has 0 saturated heterocycles. The summed E-state index contributed by atoms with van der Waals surface area (Å²) in [5, 5.41) is 10.7. The molecule has 2 rings (SSSR count). The summed E-state index contributed by atoms with van der Waals surface area (Å²) in [6.07, 6.45) is 0. The normalized spacial score (nSPS) is 11.8. The number of hydroxylamine groups is 2. The molecule has 4 heteroatoms. The topological polar surface area (TPSA) is 49.8 Å². The van der Waals surface area contributed by atoms with Crippen molar-refractivity contribution in [2.24, 2.45) is 0 Å². The van der Waals surface area contributed by atoms with Crippen LogP contribution in [0.1, 0.15) is 24.0 Å². The maximum Gasteiger partial charge on any atom is 0.253 e. The number of benzene rings is 2. The van der Waals surface area contributed by atoms with Gasteiger partial charge < -0.3 is 4.74 Å². The van der Waals surface area contributed by atoms with E-state index in [2.05, 4.69) is 0 Å². The van der Waals surface area contributed by atoms with Crippen LogP contribution in [0.3, 0.4) is 0 Å². The van der Waals surface area contributed by atoms with Crippen LogP contribution in [0.15, 0.2) is 54.6 Å². The zero-order chi connectivity index (χ0) is 15.2. The molecule has 1 atom stereocenters. The average Bonchev–Trinajstić information content (AvgIpc) is 2.54. The Hall–Kier alpha value is -2.33. The minimum absolute atomic E-state index is 0.181. The van der Waals surface area contributed by atoms with Crippen molar-refractivity contribution < 1.29 is 14.7 Å². The Kier molecular flexibility index (Phi) is 4.95. The SMILES string of the molecule is COc1ccc(C(C)C(=O)N(O)Cc2ccccc2)cc1. The van der Waals surface area contributed by atoms with Crippen LogP contribution >= 0.6 is 0 Å². The minimum Gasteiger partial charge on any atom is -0.497 e. The number of methoxy groups -OCH3 is 1. The third kappa shape index (κ3) is 3.83. The second kappa shape index (κ2) is 6.90. The zero-order valence-corrected chi connectivity index (χ0v) is 12.2. The minimum atomic E-state index is -0.412. The first-order valence-electron chi connectivity index (χ1n) is 6.80. The van der Waals surface area contributed by atoms with E-state index in [1.807, 2.05) is 42.5 Å². The van der Waals surface area contributed by atoms with E-state index in [-0.39, 0.29) is 12.5 Å². The molecule has 1 N–H and O–H groups in total. The van der Waals surface area contributed by atoms with E-state index in [1.54, 1.807) is 26.2 Å². The van der Waals surface area contributed by atoms with Crippen molar-refractivity contribution in [3.05, 3.63) is 65.7 Å². The molecule has 0 aromatic heterocycles. The van der Waals surface area contributed by atoms with E-state index in [9.17, 15) is 10.0 Å². The molecule has 0 bridgehead atoms. The van der Waals surface area contributed by atoms with E-state index >= 15 is 0 Å². The molecular formula is C17H19NO3. The lowest BCUT2D eigenvalue weighted by Crippen LogP contribution is -2.30. The number of nitrogens with zero attached hydrogens (tertiary/aromatic N) is 1. The van der Waals surface area contributed by atoms with Crippen molar-refractivity contribution in [3.8, 4) is 5.75 Å². The van der Waals surface area contributed by atoms with Gasteiger partial charge in [-0.1, -0.05) is 42.5 Å². The van der Waals surface area contributed by atoms with Gasteiger partial charge in [-0.05, 0) is 30.2 Å². The maximum absolute atomic E-state index is 12.2.